The molecule has 0 atom stereocenters. The molecule has 10 heteroatoms. The van der Waals surface area contributed by atoms with Gasteiger partial charge in [0.15, 0.2) is 16.6 Å². The smallest absolute Gasteiger partial charge is 0.257 e. The number of nitrogens with one attached hydrogen (secondary N) is 2. The second kappa shape index (κ2) is 9.25. The molecule has 0 fully saturated rings. The molecular formula is C17H16Br2N2O5S. The maximum absolute atomic E-state index is 12.5. The monoisotopic (exact) mass is 518 g/mol. The van der Waals surface area contributed by atoms with Gasteiger partial charge in [-0.05, 0) is 68.3 Å². The van der Waals surface area contributed by atoms with Crippen molar-refractivity contribution in [2.45, 2.75) is 0 Å². The van der Waals surface area contributed by atoms with Gasteiger partial charge in [-0.25, -0.2) is 0 Å². The standard InChI is InChI=1S/C17H16Br2N2O5S/c1-24-12-4-8(5-13(25-2)15(12)26-3)16(23)21-17(27)20-9-6-10(18)14(22)11(19)7-9/h4-7,22H,1-3H3,(H2,20,21,23,27). The highest BCUT2D eigenvalue weighted by molar-refractivity contribution is 9.11. The third-order valence-corrected chi connectivity index (χ3v) is 4.84. The molecule has 0 aliphatic rings. The molecule has 27 heavy (non-hydrogen) atoms. The van der Waals surface area contributed by atoms with Crippen molar-refractivity contribution >= 4 is 60.8 Å². The summed E-state index contributed by atoms with van der Waals surface area (Å²) in [6.07, 6.45) is 0. The van der Waals surface area contributed by atoms with Crippen molar-refractivity contribution in [3.05, 3.63) is 38.8 Å². The van der Waals surface area contributed by atoms with Crippen LogP contribution in [0.1, 0.15) is 10.4 Å². The second-order valence-corrected chi connectivity index (χ2v) is 7.23. The van der Waals surface area contributed by atoms with E-state index < -0.39 is 5.91 Å². The van der Waals surface area contributed by atoms with Crippen molar-refractivity contribution in [3.63, 3.8) is 0 Å². The second-order valence-electron chi connectivity index (χ2n) is 5.11. The summed E-state index contributed by atoms with van der Waals surface area (Å²) in [5, 5.41) is 15.3. The third kappa shape index (κ3) is 5.02. The summed E-state index contributed by atoms with van der Waals surface area (Å²) >= 11 is 11.6. The number of aromatic hydroxyl groups is 1. The minimum atomic E-state index is -0.455. The van der Waals surface area contributed by atoms with Gasteiger partial charge in [0.25, 0.3) is 5.91 Å². The molecule has 0 saturated heterocycles. The van der Waals surface area contributed by atoms with Gasteiger partial charge in [0.1, 0.15) is 5.75 Å². The van der Waals surface area contributed by atoms with Crippen LogP contribution in [0.15, 0.2) is 33.2 Å². The van der Waals surface area contributed by atoms with E-state index in [0.29, 0.717) is 31.9 Å². The van der Waals surface area contributed by atoms with E-state index in [-0.39, 0.29) is 16.4 Å². The number of ether oxygens (including phenoxy) is 3. The largest absolute Gasteiger partial charge is 0.506 e. The fraction of sp³-hybridized carbons (Fsp3) is 0.176. The van der Waals surface area contributed by atoms with Crippen LogP contribution in [0.4, 0.5) is 5.69 Å². The number of halogens is 2. The Hall–Kier alpha value is -2.04. The van der Waals surface area contributed by atoms with Crippen LogP contribution >= 0.6 is 44.1 Å². The number of rotatable bonds is 5. The van der Waals surface area contributed by atoms with Gasteiger partial charge in [0.2, 0.25) is 5.75 Å². The minimum Gasteiger partial charge on any atom is -0.506 e. The predicted molar refractivity (Wildman–Crippen MR) is 113 cm³/mol. The van der Waals surface area contributed by atoms with E-state index in [2.05, 4.69) is 42.5 Å². The number of thiocarbonyl (C=S) groups is 1. The molecule has 2 aromatic rings. The van der Waals surface area contributed by atoms with Crippen LogP contribution in [0.5, 0.6) is 23.0 Å². The first kappa shape index (κ1) is 21.3. The first-order valence-electron chi connectivity index (χ1n) is 7.41. The van der Waals surface area contributed by atoms with Gasteiger partial charge < -0.3 is 24.6 Å². The number of phenolic OH excluding ortho intramolecular Hbond substituents is 1. The van der Waals surface area contributed by atoms with E-state index in [1.165, 1.54) is 33.5 Å². The maximum Gasteiger partial charge on any atom is 0.257 e. The van der Waals surface area contributed by atoms with Gasteiger partial charge in [0, 0.05) is 11.3 Å². The van der Waals surface area contributed by atoms with Gasteiger partial charge in [-0.15, -0.1) is 0 Å². The molecule has 0 spiro atoms. The zero-order valence-corrected chi connectivity index (χ0v) is 18.5. The molecule has 2 rings (SSSR count). The maximum atomic E-state index is 12.5. The molecule has 3 N–H and O–H groups in total. The van der Waals surface area contributed by atoms with Gasteiger partial charge >= 0.3 is 0 Å². The van der Waals surface area contributed by atoms with Crippen molar-refractivity contribution in [2.24, 2.45) is 0 Å². The molecule has 2 aromatic carbocycles. The lowest BCUT2D eigenvalue weighted by Crippen LogP contribution is -2.34. The number of methoxy groups -OCH3 is 3. The molecule has 144 valence electrons. The number of hydrogen-bond donors (Lipinski definition) is 3. The lowest BCUT2D eigenvalue weighted by Gasteiger charge is -2.15. The number of benzene rings is 2. The number of carbonyl (C=O) groups excluding carboxylic acids is 1. The van der Waals surface area contributed by atoms with Crippen molar-refractivity contribution in [1.82, 2.24) is 5.32 Å². The van der Waals surface area contributed by atoms with Crippen molar-refractivity contribution < 1.29 is 24.1 Å². The van der Waals surface area contributed by atoms with E-state index in [1.54, 1.807) is 12.1 Å². The van der Waals surface area contributed by atoms with Crippen LogP contribution in [0.2, 0.25) is 0 Å². The Labute approximate surface area is 178 Å². The van der Waals surface area contributed by atoms with Crippen molar-refractivity contribution in [2.75, 3.05) is 26.6 Å². The lowest BCUT2D eigenvalue weighted by molar-refractivity contribution is 0.0977. The fourth-order valence-electron chi connectivity index (χ4n) is 2.19. The minimum absolute atomic E-state index is 0.0629. The molecular weight excluding hydrogens is 504 g/mol. The summed E-state index contributed by atoms with van der Waals surface area (Å²) in [4.78, 5) is 12.5. The molecule has 0 unspecified atom stereocenters. The number of anilines is 1. The first-order valence-corrected chi connectivity index (χ1v) is 9.40. The summed E-state index contributed by atoms with van der Waals surface area (Å²) in [6, 6.07) is 6.29. The molecule has 0 saturated carbocycles. The predicted octanol–water partition coefficient (Wildman–Crippen LogP) is 4.07. The van der Waals surface area contributed by atoms with E-state index in [1.807, 2.05) is 0 Å². The Morgan fingerprint density at radius 1 is 1.00 bits per heavy atom. The Morgan fingerprint density at radius 2 is 1.52 bits per heavy atom. The molecule has 1 amide bonds. The molecule has 0 aromatic heterocycles. The van der Waals surface area contributed by atoms with Crippen LogP contribution in [0, 0.1) is 0 Å². The Bertz CT molecular complexity index is 844. The average Bonchev–Trinajstić information content (AvgIpc) is 2.64. The number of hydrogen-bond acceptors (Lipinski definition) is 6. The number of amides is 1. The first-order chi connectivity index (χ1) is 12.8. The zero-order chi connectivity index (χ0) is 20.1. The highest BCUT2D eigenvalue weighted by Gasteiger charge is 2.18. The summed E-state index contributed by atoms with van der Waals surface area (Å²) in [6.45, 7) is 0. The summed E-state index contributed by atoms with van der Waals surface area (Å²) in [5.41, 5.74) is 0.850. The van der Waals surface area contributed by atoms with Crippen molar-refractivity contribution in [3.8, 4) is 23.0 Å². The van der Waals surface area contributed by atoms with E-state index in [0.717, 1.165) is 0 Å². The average molecular weight is 520 g/mol. The van der Waals surface area contributed by atoms with E-state index in [4.69, 9.17) is 26.4 Å². The quantitative estimate of drug-likeness (QED) is 0.405. The Balaban J connectivity index is 2.18. The highest BCUT2D eigenvalue weighted by atomic mass is 79.9. The van der Waals surface area contributed by atoms with Crippen molar-refractivity contribution in [1.29, 1.82) is 0 Å². The van der Waals surface area contributed by atoms with Crippen LogP contribution in [0.25, 0.3) is 0 Å². The van der Waals surface area contributed by atoms with Crippen LogP contribution in [0.3, 0.4) is 0 Å². The summed E-state index contributed by atoms with van der Waals surface area (Å²) in [7, 11) is 4.41. The molecule has 0 aliphatic heterocycles. The summed E-state index contributed by atoms with van der Waals surface area (Å²) in [5.74, 6) is 0.701. The molecule has 7 nitrogen and oxygen atoms in total. The SMILES string of the molecule is COc1cc(C(=O)NC(=S)Nc2cc(Br)c(O)c(Br)c2)cc(OC)c1OC. The van der Waals surface area contributed by atoms with Crippen LogP contribution in [-0.2, 0) is 0 Å². The van der Waals surface area contributed by atoms with Gasteiger partial charge in [-0.2, -0.15) is 0 Å². The Kier molecular flexibility index (Phi) is 7.28. The van der Waals surface area contributed by atoms with Gasteiger partial charge in [0.05, 0.1) is 30.3 Å². The zero-order valence-electron chi connectivity index (χ0n) is 14.6. The fourth-order valence-corrected chi connectivity index (χ4v) is 3.58. The molecule has 0 aliphatic carbocycles. The highest BCUT2D eigenvalue weighted by Crippen LogP contribution is 2.38. The van der Waals surface area contributed by atoms with Gasteiger partial charge in [-0.1, -0.05) is 0 Å². The summed E-state index contributed by atoms with van der Waals surface area (Å²) < 4.78 is 16.7. The Morgan fingerprint density at radius 3 is 1.96 bits per heavy atom. The van der Waals surface area contributed by atoms with Crippen LogP contribution in [-0.4, -0.2) is 37.5 Å². The number of phenols is 1. The van der Waals surface area contributed by atoms with Crippen LogP contribution < -0.4 is 24.8 Å². The molecule has 0 bridgehead atoms. The molecule has 0 heterocycles. The third-order valence-electron chi connectivity index (χ3n) is 3.43. The lowest BCUT2D eigenvalue weighted by atomic mass is 10.1. The van der Waals surface area contributed by atoms with E-state index >= 15 is 0 Å². The normalized spacial score (nSPS) is 10.1. The van der Waals surface area contributed by atoms with Gasteiger partial charge in [-0.3, -0.25) is 10.1 Å². The molecule has 0 radical (unpaired) electrons. The topological polar surface area (TPSA) is 89.1 Å². The van der Waals surface area contributed by atoms with E-state index in [9.17, 15) is 9.90 Å². The number of carbonyl (C=O) groups is 1.